The average Bonchev–Trinajstić information content (AvgIpc) is 3.08. The van der Waals surface area contributed by atoms with Crippen LogP contribution in [0.2, 0.25) is 0 Å². The van der Waals surface area contributed by atoms with Gasteiger partial charge in [0.1, 0.15) is 17.2 Å². The van der Waals surface area contributed by atoms with E-state index in [0.29, 0.717) is 5.56 Å². The fourth-order valence-electron chi connectivity index (χ4n) is 2.43. The lowest BCUT2D eigenvalue weighted by Crippen LogP contribution is -2.28. The minimum Gasteiger partial charge on any atom is -0.475 e. The Balaban J connectivity index is 1.96. The molecule has 1 atom stereocenters. The van der Waals surface area contributed by atoms with Gasteiger partial charge in [0.15, 0.2) is 0 Å². The zero-order valence-electron chi connectivity index (χ0n) is 13.5. The summed E-state index contributed by atoms with van der Waals surface area (Å²) in [5.74, 6) is -2.72. The zero-order chi connectivity index (χ0) is 18.7. The van der Waals surface area contributed by atoms with Crippen LogP contribution in [-0.2, 0) is 0 Å². The second-order valence-electron chi connectivity index (χ2n) is 5.37. The molecule has 1 amide bonds. The number of carboxylic acids is 1. The van der Waals surface area contributed by atoms with Crippen LogP contribution in [0.15, 0.2) is 47.4 Å². The van der Waals surface area contributed by atoms with Crippen LogP contribution in [0.4, 0.5) is 4.39 Å². The summed E-state index contributed by atoms with van der Waals surface area (Å²) in [6.07, 6.45) is 4.08. The van der Waals surface area contributed by atoms with Crippen LogP contribution >= 0.6 is 0 Å². The van der Waals surface area contributed by atoms with Gasteiger partial charge in [0.25, 0.3) is 5.91 Å². The van der Waals surface area contributed by atoms with E-state index in [1.54, 1.807) is 6.92 Å². The lowest BCUT2D eigenvalue weighted by Gasteiger charge is -2.14. The first kappa shape index (κ1) is 17.2. The van der Waals surface area contributed by atoms with Crippen molar-refractivity contribution in [3.63, 3.8) is 0 Å². The number of hydrogen-bond donors (Lipinski definition) is 2. The van der Waals surface area contributed by atoms with Crippen molar-refractivity contribution in [2.45, 2.75) is 13.0 Å². The Labute approximate surface area is 146 Å². The van der Waals surface area contributed by atoms with Crippen LogP contribution < -0.4 is 5.32 Å². The average molecular weight is 356 g/mol. The molecule has 1 unspecified atom stereocenters. The lowest BCUT2D eigenvalue weighted by atomic mass is 10.0. The van der Waals surface area contributed by atoms with Crippen molar-refractivity contribution in [1.29, 1.82) is 0 Å². The van der Waals surface area contributed by atoms with E-state index < -0.39 is 29.5 Å². The van der Waals surface area contributed by atoms with E-state index in [1.807, 2.05) is 0 Å². The molecule has 26 heavy (non-hydrogen) atoms. The molecule has 0 aliphatic heterocycles. The fraction of sp³-hybridized carbons (Fsp3) is 0.118. The molecular weight excluding hydrogens is 343 g/mol. The highest BCUT2D eigenvalue weighted by atomic mass is 19.1. The molecule has 0 saturated carbocycles. The van der Waals surface area contributed by atoms with Gasteiger partial charge in [0.05, 0.1) is 17.8 Å². The van der Waals surface area contributed by atoms with E-state index in [4.69, 9.17) is 4.52 Å². The molecule has 0 fully saturated rings. The summed E-state index contributed by atoms with van der Waals surface area (Å²) in [7, 11) is 0. The first-order valence-electron chi connectivity index (χ1n) is 7.53. The van der Waals surface area contributed by atoms with E-state index >= 15 is 0 Å². The molecule has 0 radical (unpaired) electrons. The monoisotopic (exact) mass is 356 g/mol. The smallest absolute Gasteiger partial charge is 0.375 e. The molecule has 2 heterocycles. The molecule has 3 rings (SSSR count). The summed E-state index contributed by atoms with van der Waals surface area (Å²) in [5, 5.41) is 15.8. The maximum absolute atomic E-state index is 13.1. The van der Waals surface area contributed by atoms with Crippen LogP contribution in [0, 0.1) is 5.82 Å². The first-order chi connectivity index (χ1) is 12.5. The van der Waals surface area contributed by atoms with E-state index in [1.165, 1.54) is 42.9 Å². The number of aromatic nitrogens is 3. The number of amides is 1. The van der Waals surface area contributed by atoms with Crippen LogP contribution in [0.1, 0.15) is 39.6 Å². The van der Waals surface area contributed by atoms with Crippen molar-refractivity contribution in [3.05, 3.63) is 65.7 Å². The van der Waals surface area contributed by atoms with E-state index in [9.17, 15) is 19.1 Å². The van der Waals surface area contributed by atoms with Crippen LogP contribution in [0.5, 0.6) is 0 Å². The summed E-state index contributed by atoms with van der Waals surface area (Å²) in [6.45, 7) is 1.58. The normalized spacial score (nSPS) is 11.8. The van der Waals surface area contributed by atoms with Gasteiger partial charge >= 0.3 is 5.97 Å². The number of halogens is 1. The third kappa shape index (κ3) is 3.41. The van der Waals surface area contributed by atoms with Crippen molar-refractivity contribution in [2.24, 2.45) is 0 Å². The molecule has 9 heteroatoms. The quantitative estimate of drug-likeness (QED) is 0.721. The second-order valence-corrected chi connectivity index (χ2v) is 5.37. The van der Waals surface area contributed by atoms with Crippen molar-refractivity contribution < 1.29 is 23.6 Å². The van der Waals surface area contributed by atoms with Crippen LogP contribution in [-0.4, -0.2) is 32.1 Å². The topological polar surface area (TPSA) is 118 Å². The lowest BCUT2D eigenvalue weighted by molar-refractivity contribution is 0.0648. The highest BCUT2D eigenvalue weighted by molar-refractivity contribution is 5.93. The van der Waals surface area contributed by atoms with Crippen LogP contribution in [0.3, 0.4) is 0 Å². The van der Waals surface area contributed by atoms with Gasteiger partial charge < -0.3 is 14.9 Å². The molecule has 0 bridgehead atoms. The van der Waals surface area contributed by atoms with E-state index in [0.717, 1.165) is 0 Å². The molecule has 0 saturated heterocycles. The van der Waals surface area contributed by atoms with E-state index in [2.05, 4.69) is 20.4 Å². The molecule has 2 aromatic heterocycles. The number of nitrogens with one attached hydrogen (secondary N) is 1. The van der Waals surface area contributed by atoms with Gasteiger partial charge in [-0.3, -0.25) is 9.78 Å². The number of hydrogen-bond acceptors (Lipinski definition) is 6. The Morgan fingerprint density at radius 1 is 1.23 bits per heavy atom. The number of carbonyl (C=O) groups is 2. The number of benzene rings is 1. The van der Waals surface area contributed by atoms with Gasteiger partial charge in [0.2, 0.25) is 5.76 Å². The molecule has 0 aliphatic carbocycles. The maximum atomic E-state index is 13.1. The Bertz CT molecular complexity index is 941. The van der Waals surface area contributed by atoms with Crippen molar-refractivity contribution in [1.82, 2.24) is 20.4 Å². The largest absolute Gasteiger partial charge is 0.475 e. The molecule has 0 aliphatic rings. The standard InChI is InChI=1S/C17H13FN4O4/c1-9(21-16(23)12-8-19-6-7-20-12)13-14(22-26-15(13)17(24)25)10-2-4-11(18)5-3-10/h2-9H,1H3,(H,21,23)(H,24,25). The fourth-order valence-corrected chi connectivity index (χ4v) is 2.43. The minimum absolute atomic E-state index is 0.0796. The number of carbonyl (C=O) groups excluding carboxylic acids is 1. The summed E-state index contributed by atoms with van der Waals surface area (Å²) >= 11 is 0. The van der Waals surface area contributed by atoms with Crippen LogP contribution in [0.25, 0.3) is 11.3 Å². The summed E-state index contributed by atoms with van der Waals surface area (Å²) < 4.78 is 18.1. The van der Waals surface area contributed by atoms with Gasteiger partial charge in [-0.15, -0.1) is 0 Å². The second kappa shape index (κ2) is 7.09. The third-order valence-electron chi connectivity index (χ3n) is 3.62. The van der Waals surface area contributed by atoms with Gasteiger partial charge in [-0.25, -0.2) is 14.2 Å². The molecule has 3 aromatic rings. The Hall–Kier alpha value is -3.62. The van der Waals surface area contributed by atoms with Crippen molar-refractivity contribution in [3.8, 4) is 11.3 Å². The van der Waals surface area contributed by atoms with Gasteiger partial charge in [-0.05, 0) is 31.2 Å². The maximum Gasteiger partial charge on any atom is 0.375 e. The third-order valence-corrected chi connectivity index (χ3v) is 3.62. The molecule has 132 valence electrons. The van der Waals surface area contributed by atoms with Gasteiger partial charge in [-0.1, -0.05) is 5.16 Å². The molecule has 8 nitrogen and oxygen atoms in total. The predicted octanol–water partition coefficient (Wildman–Crippen LogP) is 2.46. The number of rotatable bonds is 5. The molecular formula is C17H13FN4O4. The predicted molar refractivity (Wildman–Crippen MR) is 86.8 cm³/mol. The minimum atomic E-state index is -1.33. The SMILES string of the molecule is CC(NC(=O)c1cnccn1)c1c(-c2ccc(F)cc2)noc1C(=O)O. The Morgan fingerprint density at radius 2 is 1.96 bits per heavy atom. The van der Waals surface area contributed by atoms with Crippen molar-refractivity contribution >= 4 is 11.9 Å². The number of nitrogens with zero attached hydrogens (tertiary/aromatic N) is 3. The molecule has 0 spiro atoms. The van der Waals surface area contributed by atoms with Crippen molar-refractivity contribution in [2.75, 3.05) is 0 Å². The molecule has 1 aromatic carbocycles. The number of aromatic carboxylic acids is 1. The summed E-state index contributed by atoms with van der Waals surface area (Å²) in [5.41, 5.74) is 0.907. The highest BCUT2D eigenvalue weighted by Crippen LogP contribution is 2.31. The summed E-state index contributed by atoms with van der Waals surface area (Å²) in [6, 6.07) is 4.56. The van der Waals surface area contributed by atoms with E-state index in [-0.39, 0.29) is 17.0 Å². The Morgan fingerprint density at radius 3 is 2.58 bits per heavy atom. The highest BCUT2D eigenvalue weighted by Gasteiger charge is 2.28. The number of carboxylic acid groups (broad SMARTS) is 1. The Kier molecular flexibility index (Phi) is 4.70. The summed E-state index contributed by atoms with van der Waals surface area (Å²) in [4.78, 5) is 31.4. The molecule has 2 N–H and O–H groups in total. The zero-order valence-corrected chi connectivity index (χ0v) is 13.5. The van der Waals surface area contributed by atoms with Gasteiger partial charge in [0, 0.05) is 18.0 Å². The van der Waals surface area contributed by atoms with Gasteiger partial charge in [-0.2, -0.15) is 0 Å². The first-order valence-corrected chi connectivity index (χ1v) is 7.53.